The van der Waals surface area contributed by atoms with Crippen LogP contribution in [0.2, 0.25) is 0 Å². The summed E-state index contributed by atoms with van der Waals surface area (Å²) in [6.07, 6.45) is -4.30. The van der Waals surface area contributed by atoms with Crippen LogP contribution in [0.25, 0.3) is 0 Å². The molecule has 0 radical (unpaired) electrons. The van der Waals surface area contributed by atoms with E-state index in [4.69, 9.17) is 5.73 Å². The lowest BCUT2D eigenvalue weighted by atomic mass is 10.1. The molecule has 2 atom stereocenters. The molecule has 1 rings (SSSR count). The summed E-state index contributed by atoms with van der Waals surface area (Å²) in [5.41, 5.74) is 5.11. The fourth-order valence-corrected chi connectivity index (χ4v) is 1.67. The Morgan fingerprint density at radius 3 is 2.75 bits per heavy atom. The molecular formula is C9H16F3N3O. The minimum Gasteiger partial charge on any atom is -0.353 e. The number of halogens is 3. The van der Waals surface area contributed by atoms with Crippen LogP contribution in [0.1, 0.15) is 6.92 Å². The Morgan fingerprint density at radius 2 is 2.25 bits per heavy atom. The van der Waals surface area contributed by atoms with Crippen molar-refractivity contribution in [3.63, 3.8) is 0 Å². The Hall–Kier alpha value is -0.820. The van der Waals surface area contributed by atoms with E-state index in [-0.39, 0.29) is 12.5 Å². The molecule has 0 saturated carbocycles. The second-order valence-electron chi connectivity index (χ2n) is 3.94. The third-order valence-corrected chi connectivity index (χ3v) is 2.83. The molecule has 1 saturated heterocycles. The molecule has 1 aliphatic rings. The highest BCUT2D eigenvalue weighted by atomic mass is 19.4. The van der Waals surface area contributed by atoms with Gasteiger partial charge in [0.2, 0.25) is 5.91 Å². The summed E-state index contributed by atoms with van der Waals surface area (Å²) in [4.78, 5) is 12.8. The van der Waals surface area contributed by atoms with E-state index in [0.717, 1.165) is 0 Å². The zero-order valence-corrected chi connectivity index (χ0v) is 9.05. The molecule has 4 nitrogen and oxygen atoms in total. The van der Waals surface area contributed by atoms with Crippen molar-refractivity contribution in [2.24, 2.45) is 11.7 Å². The van der Waals surface area contributed by atoms with Crippen molar-refractivity contribution in [3.05, 3.63) is 0 Å². The van der Waals surface area contributed by atoms with Crippen molar-refractivity contribution in [3.8, 4) is 0 Å². The molecule has 2 unspecified atom stereocenters. The van der Waals surface area contributed by atoms with E-state index in [2.05, 4.69) is 5.32 Å². The first-order valence-electron chi connectivity index (χ1n) is 5.14. The van der Waals surface area contributed by atoms with Crippen LogP contribution >= 0.6 is 0 Å². The predicted molar refractivity (Wildman–Crippen MR) is 52.6 cm³/mol. The number of piperazine rings is 1. The van der Waals surface area contributed by atoms with Crippen molar-refractivity contribution in [1.82, 2.24) is 10.2 Å². The van der Waals surface area contributed by atoms with Gasteiger partial charge in [0.15, 0.2) is 0 Å². The molecule has 1 aliphatic heterocycles. The lowest BCUT2D eigenvalue weighted by molar-refractivity contribution is -0.178. The van der Waals surface area contributed by atoms with Crippen LogP contribution in [0.3, 0.4) is 0 Å². The minimum atomic E-state index is -4.30. The highest BCUT2D eigenvalue weighted by Gasteiger charge is 2.41. The number of hydrogen-bond acceptors (Lipinski definition) is 3. The first-order chi connectivity index (χ1) is 7.36. The largest absolute Gasteiger partial charge is 0.394 e. The van der Waals surface area contributed by atoms with Gasteiger partial charge in [0.1, 0.15) is 0 Å². The maximum Gasteiger partial charge on any atom is 0.394 e. The summed E-state index contributed by atoms with van der Waals surface area (Å²) in [6, 6.07) is -0.523. The summed E-state index contributed by atoms with van der Waals surface area (Å²) in [7, 11) is 0. The number of alkyl halides is 3. The molecule has 1 fully saturated rings. The molecule has 0 aromatic rings. The number of nitrogens with one attached hydrogen (secondary N) is 1. The summed E-state index contributed by atoms with van der Waals surface area (Å²) in [5, 5.41) is 2.60. The van der Waals surface area contributed by atoms with Crippen molar-refractivity contribution in [1.29, 1.82) is 0 Å². The first-order valence-corrected chi connectivity index (χ1v) is 5.14. The van der Waals surface area contributed by atoms with Gasteiger partial charge in [-0.05, 0) is 6.92 Å². The Bertz CT molecular complexity index is 257. The van der Waals surface area contributed by atoms with Crippen LogP contribution in [0.15, 0.2) is 0 Å². The van der Waals surface area contributed by atoms with Gasteiger partial charge in [0.05, 0.1) is 12.0 Å². The smallest absolute Gasteiger partial charge is 0.353 e. The normalized spacial score (nSPS) is 25.3. The SMILES string of the molecule is CC1C(=O)NCCN1CC(CN)C(F)(F)F. The Labute approximate surface area is 92.0 Å². The molecular weight excluding hydrogens is 223 g/mol. The molecule has 0 aromatic carbocycles. The van der Waals surface area contributed by atoms with Gasteiger partial charge < -0.3 is 11.1 Å². The third-order valence-electron chi connectivity index (χ3n) is 2.83. The average molecular weight is 239 g/mol. The van der Waals surface area contributed by atoms with E-state index in [0.29, 0.717) is 13.1 Å². The Kier molecular flexibility index (Phi) is 4.15. The zero-order valence-electron chi connectivity index (χ0n) is 9.05. The van der Waals surface area contributed by atoms with E-state index in [1.807, 2.05) is 0 Å². The Balaban J connectivity index is 2.61. The van der Waals surface area contributed by atoms with Crippen LogP contribution < -0.4 is 11.1 Å². The average Bonchev–Trinajstić information content (AvgIpc) is 2.18. The van der Waals surface area contributed by atoms with Gasteiger partial charge in [-0.1, -0.05) is 0 Å². The highest BCUT2D eigenvalue weighted by Crippen LogP contribution is 2.26. The van der Waals surface area contributed by atoms with E-state index in [1.54, 1.807) is 6.92 Å². The van der Waals surface area contributed by atoms with Crippen LogP contribution in [0, 0.1) is 5.92 Å². The van der Waals surface area contributed by atoms with Gasteiger partial charge in [-0.25, -0.2) is 0 Å². The maximum atomic E-state index is 12.5. The fourth-order valence-electron chi connectivity index (χ4n) is 1.67. The van der Waals surface area contributed by atoms with Crippen molar-refractivity contribution in [2.45, 2.75) is 19.1 Å². The molecule has 1 amide bonds. The number of hydrogen-bond donors (Lipinski definition) is 2. The van der Waals surface area contributed by atoms with Gasteiger partial charge in [-0.3, -0.25) is 9.69 Å². The summed E-state index contributed by atoms with van der Waals surface area (Å²) in [5.74, 6) is -1.80. The van der Waals surface area contributed by atoms with E-state index < -0.39 is 24.7 Å². The Morgan fingerprint density at radius 1 is 1.62 bits per heavy atom. The highest BCUT2D eigenvalue weighted by molar-refractivity contribution is 5.81. The number of carbonyl (C=O) groups is 1. The molecule has 0 spiro atoms. The van der Waals surface area contributed by atoms with Crippen molar-refractivity contribution < 1.29 is 18.0 Å². The summed E-state index contributed by atoms with van der Waals surface area (Å²) >= 11 is 0. The lowest BCUT2D eigenvalue weighted by Crippen LogP contribution is -2.56. The molecule has 1 heterocycles. The number of amides is 1. The summed E-state index contributed by atoms with van der Waals surface area (Å²) in [6.45, 7) is 1.75. The van der Waals surface area contributed by atoms with Gasteiger partial charge >= 0.3 is 6.18 Å². The molecule has 0 aliphatic carbocycles. The minimum absolute atomic E-state index is 0.214. The van der Waals surface area contributed by atoms with E-state index in [9.17, 15) is 18.0 Å². The quantitative estimate of drug-likeness (QED) is 0.725. The molecule has 0 bridgehead atoms. The summed E-state index contributed by atoms with van der Waals surface area (Å²) < 4.78 is 37.5. The molecule has 7 heteroatoms. The number of nitrogens with zero attached hydrogens (tertiary/aromatic N) is 1. The standard InChI is InChI=1S/C9H16F3N3O/c1-6-8(16)14-2-3-15(6)5-7(4-13)9(10,11)12/h6-7H,2-5,13H2,1H3,(H,14,16). The van der Waals surface area contributed by atoms with Crippen molar-refractivity contribution >= 4 is 5.91 Å². The predicted octanol–water partition coefficient (Wildman–Crippen LogP) is -0.0561. The van der Waals surface area contributed by atoms with Crippen LogP contribution in [0.5, 0.6) is 0 Å². The van der Waals surface area contributed by atoms with Gasteiger partial charge in [-0.15, -0.1) is 0 Å². The molecule has 0 aromatic heterocycles. The van der Waals surface area contributed by atoms with E-state index in [1.165, 1.54) is 4.90 Å². The van der Waals surface area contributed by atoms with E-state index >= 15 is 0 Å². The van der Waals surface area contributed by atoms with Gasteiger partial charge in [-0.2, -0.15) is 13.2 Å². The topological polar surface area (TPSA) is 58.4 Å². The molecule has 16 heavy (non-hydrogen) atoms. The zero-order chi connectivity index (χ0) is 12.3. The monoisotopic (exact) mass is 239 g/mol. The second-order valence-corrected chi connectivity index (χ2v) is 3.94. The van der Waals surface area contributed by atoms with Crippen LogP contribution in [-0.4, -0.2) is 49.2 Å². The first kappa shape index (κ1) is 13.2. The molecule has 94 valence electrons. The molecule has 3 N–H and O–H groups in total. The maximum absolute atomic E-state index is 12.5. The van der Waals surface area contributed by atoms with Crippen molar-refractivity contribution in [2.75, 3.05) is 26.2 Å². The fraction of sp³-hybridized carbons (Fsp3) is 0.889. The number of carbonyl (C=O) groups excluding carboxylic acids is 1. The van der Waals surface area contributed by atoms with Gasteiger partial charge in [0, 0.05) is 26.2 Å². The second kappa shape index (κ2) is 5.01. The third kappa shape index (κ3) is 3.08. The lowest BCUT2D eigenvalue weighted by Gasteiger charge is -2.35. The van der Waals surface area contributed by atoms with Gasteiger partial charge in [0.25, 0.3) is 0 Å². The number of rotatable bonds is 3. The van der Waals surface area contributed by atoms with Crippen LogP contribution in [0.4, 0.5) is 13.2 Å². The van der Waals surface area contributed by atoms with Crippen LogP contribution in [-0.2, 0) is 4.79 Å². The number of nitrogens with two attached hydrogens (primary N) is 1.